The van der Waals surface area contributed by atoms with Crippen molar-refractivity contribution in [2.24, 2.45) is 0 Å². The van der Waals surface area contributed by atoms with Gasteiger partial charge in [0.25, 0.3) is 11.7 Å². The van der Waals surface area contributed by atoms with E-state index >= 15 is 0 Å². The second-order valence-electron chi connectivity index (χ2n) is 8.35. The number of halogens is 1. The third kappa shape index (κ3) is 4.13. The molecule has 1 saturated heterocycles. The number of carbonyl (C=O) groups excluding carboxylic acids is 2. The van der Waals surface area contributed by atoms with Gasteiger partial charge in [-0.3, -0.25) is 14.5 Å². The van der Waals surface area contributed by atoms with E-state index in [9.17, 15) is 19.8 Å². The lowest BCUT2D eigenvalue weighted by Gasteiger charge is -2.26. The molecule has 0 aromatic heterocycles. The zero-order valence-electron chi connectivity index (χ0n) is 18.9. The molecule has 0 saturated carbocycles. The molecule has 0 radical (unpaired) electrons. The number of aliphatic hydroxyl groups excluding tert-OH is 1. The van der Waals surface area contributed by atoms with Crippen LogP contribution >= 0.6 is 11.6 Å². The van der Waals surface area contributed by atoms with Crippen molar-refractivity contribution in [1.82, 2.24) is 0 Å². The van der Waals surface area contributed by atoms with Crippen LogP contribution in [0.15, 0.2) is 72.3 Å². The Balaban J connectivity index is 1.93. The number of aliphatic hydroxyl groups is 1. The molecule has 0 bridgehead atoms. The average molecular weight is 478 g/mol. The number of Topliss-reactive ketones (excluding diaryl/α,β-unsaturated/α-hetero) is 1. The number of anilines is 1. The van der Waals surface area contributed by atoms with Crippen LogP contribution in [0.25, 0.3) is 5.76 Å². The number of ether oxygens (including phenoxy) is 1. The minimum absolute atomic E-state index is 0.0397. The Kier molecular flexibility index (Phi) is 6.35. The summed E-state index contributed by atoms with van der Waals surface area (Å²) in [4.78, 5) is 27.9. The zero-order valence-corrected chi connectivity index (χ0v) is 19.7. The van der Waals surface area contributed by atoms with Gasteiger partial charge in [-0.2, -0.15) is 0 Å². The molecule has 1 heterocycles. The standard InChI is InChI=1S/C27H24ClNO5/c1-15(2)16-4-8-18(9-5-16)29-24(17-6-10-19(30)11-7-17)23(26(32)27(29)33)25(31)21-14-20(34-3)12-13-22(21)28/h4-15,24,30-31H,1-3H3/b25-23+. The molecule has 174 valence electrons. The van der Waals surface area contributed by atoms with Gasteiger partial charge in [0.1, 0.15) is 17.3 Å². The number of carbonyl (C=O) groups is 2. The first-order valence-corrected chi connectivity index (χ1v) is 11.1. The second-order valence-corrected chi connectivity index (χ2v) is 8.76. The molecule has 34 heavy (non-hydrogen) atoms. The van der Waals surface area contributed by atoms with Crippen LogP contribution in [-0.4, -0.2) is 29.0 Å². The Hall–Kier alpha value is -3.77. The van der Waals surface area contributed by atoms with E-state index in [4.69, 9.17) is 16.3 Å². The first-order chi connectivity index (χ1) is 16.2. The van der Waals surface area contributed by atoms with Crippen LogP contribution in [0.1, 0.15) is 42.5 Å². The fraction of sp³-hybridized carbons (Fsp3) is 0.185. The number of hydrogen-bond donors (Lipinski definition) is 2. The van der Waals surface area contributed by atoms with Gasteiger partial charge < -0.3 is 14.9 Å². The molecule has 6 nitrogen and oxygen atoms in total. The maximum Gasteiger partial charge on any atom is 0.300 e. The number of ketones is 1. The van der Waals surface area contributed by atoms with Gasteiger partial charge in [0.2, 0.25) is 0 Å². The van der Waals surface area contributed by atoms with E-state index in [1.165, 1.54) is 30.2 Å². The molecule has 1 unspecified atom stereocenters. The van der Waals surface area contributed by atoms with Gasteiger partial charge in [-0.05, 0) is 59.5 Å². The predicted molar refractivity (Wildman–Crippen MR) is 131 cm³/mol. The highest BCUT2D eigenvalue weighted by atomic mass is 35.5. The maximum absolute atomic E-state index is 13.3. The number of rotatable bonds is 5. The summed E-state index contributed by atoms with van der Waals surface area (Å²) in [6, 6.07) is 17.3. The average Bonchev–Trinajstić information content (AvgIpc) is 3.10. The molecule has 4 rings (SSSR count). The van der Waals surface area contributed by atoms with E-state index in [-0.39, 0.29) is 21.9 Å². The normalized spacial score (nSPS) is 17.4. The van der Waals surface area contributed by atoms with Crippen molar-refractivity contribution < 1.29 is 24.5 Å². The Morgan fingerprint density at radius 1 is 1.00 bits per heavy atom. The number of methoxy groups -OCH3 is 1. The topological polar surface area (TPSA) is 87.1 Å². The Morgan fingerprint density at radius 3 is 2.24 bits per heavy atom. The van der Waals surface area contributed by atoms with Crippen LogP contribution in [0.5, 0.6) is 11.5 Å². The third-order valence-corrected chi connectivity index (χ3v) is 6.25. The van der Waals surface area contributed by atoms with Gasteiger partial charge in [0.05, 0.1) is 23.7 Å². The molecule has 3 aromatic carbocycles. The molecule has 0 spiro atoms. The van der Waals surface area contributed by atoms with Gasteiger partial charge in [0, 0.05) is 11.3 Å². The first kappa shape index (κ1) is 23.4. The van der Waals surface area contributed by atoms with Crippen LogP contribution in [0.4, 0.5) is 5.69 Å². The number of phenolic OH excluding ortho intramolecular Hbond substituents is 1. The highest BCUT2D eigenvalue weighted by Gasteiger charge is 2.47. The summed E-state index contributed by atoms with van der Waals surface area (Å²) in [6.07, 6.45) is 0. The maximum atomic E-state index is 13.3. The van der Waals surface area contributed by atoms with Crippen molar-refractivity contribution in [2.45, 2.75) is 25.8 Å². The number of benzene rings is 3. The second kappa shape index (κ2) is 9.23. The summed E-state index contributed by atoms with van der Waals surface area (Å²) in [5.74, 6) is -1.23. The van der Waals surface area contributed by atoms with Crippen molar-refractivity contribution in [3.63, 3.8) is 0 Å². The summed E-state index contributed by atoms with van der Waals surface area (Å²) < 4.78 is 5.23. The Morgan fingerprint density at radius 2 is 1.65 bits per heavy atom. The lowest BCUT2D eigenvalue weighted by molar-refractivity contribution is -0.132. The molecule has 7 heteroatoms. The van der Waals surface area contributed by atoms with Crippen molar-refractivity contribution in [1.29, 1.82) is 0 Å². The number of nitrogens with zero attached hydrogens (tertiary/aromatic N) is 1. The van der Waals surface area contributed by atoms with Crippen LogP contribution in [0, 0.1) is 0 Å². The van der Waals surface area contributed by atoms with E-state index in [2.05, 4.69) is 13.8 Å². The highest BCUT2D eigenvalue weighted by Crippen LogP contribution is 2.43. The van der Waals surface area contributed by atoms with Crippen molar-refractivity contribution in [2.75, 3.05) is 12.0 Å². The molecule has 3 aromatic rings. The summed E-state index contributed by atoms with van der Waals surface area (Å²) in [7, 11) is 1.48. The van der Waals surface area contributed by atoms with Crippen LogP contribution in [-0.2, 0) is 9.59 Å². The minimum atomic E-state index is -0.923. The van der Waals surface area contributed by atoms with Crippen LogP contribution in [0.2, 0.25) is 5.02 Å². The first-order valence-electron chi connectivity index (χ1n) is 10.8. The Labute approximate surface area is 202 Å². The summed E-state index contributed by atoms with van der Waals surface area (Å²) in [5.41, 5.74) is 2.23. The van der Waals surface area contributed by atoms with Crippen molar-refractivity contribution >= 4 is 34.7 Å². The van der Waals surface area contributed by atoms with Gasteiger partial charge in [-0.15, -0.1) is 0 Å². The fourth-order valence-corrected chi connectivity index (χ4v) is 4.26. The highest BCUT2D eigenvalue weighted by molar-refractivity contribution is 6.52. The number of amides is 1. The zero-order chi connectivity index (χ0) is 24.6. The monoisotopic (exact) mass is 477 g/mol. The van der Waals surface area contributed by atoms with Gasteiger partial charge in [-0.1, -0.05) is 49.7 Å². The van der Waals surface area contributed by atoms with Crippen LogP contribution in [0.3, 0.4) is 0 Å². The lowest BCUT2D eigenvalue weighted by atomic mass is 9.94. The third-order valence-electron chi connectivity index (χ3n) is 5.92. The minimum Gasteiger partial charge on any atom is -0.508 e. The van der Waals surface area contributed by atoms with Gasteiger partial charge >= 0.3 is 0 Å². The molecule has 1 aliphatic heterocycles. The molecule has 1 amide bonds. The molecule has 1 atom stereocenters. The van der Waals surface area contributed by atoms with Gasteiger partial charge in [-0.25, -0.2) is 0 Å². The number of hydrogen-bond acceptors (Lipinski definition) is 5. The molecule has 1 fully saturated rings. The molecule has 1 aliphatic rings. The van der Waals surface area contributed by atoms with Crippen molar-refractivity contribution in [3.05, 3.63) is 94.0 Å². The largest absolute Gasteiger partial charge is 0.508 e. The SMILES string of the molecule is COc1ccc(Cl)c(/C(O)=C2\C(=O)C(=O)N(c3ccc(C(C)C)cc3)C2c2ccc(O)cc2)c1. The predicted octanol–water partition coefficient (Wildman–Crippen LogP) is 5.80. The number of aromatic hydroxyl groups is 1. The molecule has 2 N–H and O–H groups in total. The van der Waals surface area contributed by atoms with E-state index in [1.54, 1.807) is 36.4 Å². The molecule has 0 aliphatic carbocycles. The summed E-state index contributed by atoms with van der Waals surface area (Å²) in [6.45, 7) is 4.13. The fourth-order valence-electron chi connectivity index (χ4n) is 4.05. The van der Waals surface area contributed by atoms with Crippen LogP contribution < -0.4 is 9.64 Å². The molecular weight excluding hydrogens is 454 g/mol. The summed E-state index contributed by atoms with van der Waals surface area (Å²) in [5, 5.41) is 21.2. The van der Waals surface area contributed by atoms with E-state index in [0.717, 1.165) is 5.56 Å². The molecular formula is C27H24ClNO5. The van der Waals surface area contributed by atoms with E-state index in [1.807, 2.05) is 12.1 Å². The number of phenols is 1. The smallest absolute Gasteiger partial charge is 0.300 e. The Bertz CT molecular complexity index is 1280. The van der Waals surface area contributed by atoms with E-state index < -0.39 is 23.5 Å². The van der Waals surface area contributed by atoms with Crippen molar-refractivity contribution in [3.8, 4) is 11.5 Å². The van der Waals surface area contributed by atoms with E-state index in [0.29, 0.717) is 22.9 Å². The lowest BCUT2D eigenvalue weighted by Crippen LogP contribution is -2.29. The summed E-state index contributed by atoms with van der Waals surface area (Å²) >= 11 is 6.33. The quantitative estimate of drug-likeness (QED) is 0.275. The van der Waals surface area contributed by atoms with Gasteiger partial charge in [0.15, 0.2) is 0 Å².